The van der Waals surface area contributed by atoms with Crippen molar-refractivity contribution in [2.75, 3.05) is 14.2 Å². The Labute approximate surface area is 114 Å². The Bertz CT molecular complexity index is 493. The molecule has 0 aliphatic heterocycles. The molecule has 0 radical (unpaired) electrons. The van der Waals surface area contributed by atoms with E-state index in [0.29, 0.717) is 18.8 Å². The van der Waals surface area contributed by atoms with Crippen LogP contribution in [0.25, 0.3) is 0 Å². The van der Waals surface area contributed by atoms with Crippen molar-refractivity contribution in [3.8, 4) is 6.07 Å². The largest absolute Gasteiger partial charge is 0.353 e. The lowest BCUT2D eigenvalue weighted by atomic mass is 9.61. The summed E-state index contributed by atoms with van der Waals surface area (Å²) in [5.41, 5.74) is 1.41. The van der Waals surface area contributed by atoms with Gasteiger partial charge >= 0.3 is 0 Å². The molecule has 1 aliphatic rings. The summed E-state index contributed by atoms with van der Waals surface area (Å²) in [6.07, 6.45) is 2.81. The van der Waals surface area contributed by atoms with E-state index in [9.17, 15) is 5.26 Å². The average Bonchev–Trinajstić information content (AvgIpc) is 2.40. The predicted octanol–water partition coefficient (Wildman–Crippen LogP) is 2.75. The highest BCUT2D eigenvalue weighted by molar-refractivity contribution is 5.39. The van der Waals surface area contributed by atoms with E-state index in [2.05, 4.69) is 24.9 Å². The quantitative estimate of drug-likeness (QED) is 0.781. The van der Waals surface area contributed by atoms with Crippen LogP contribution in [0.2, 0.25) is 0 Å². The average molecular weight is 260 g/mol. The highest BCUT2D eigenvalue weighted by atomic mass is 16.7. The predicted molar refractivity (Wildman–Crippen MR) is 71.6 cm³/mol. The fourth-order valence-electron chi connectivity index (χ4n) is 2.82. The summed E-state index contributed by atoms with van der Waals surface area (Å²) in [4.78, 5) is 4.47. The Morgan fingerprint density at radius 3 is 2.42 bits per heavy atom. The second-order valence-corrected chi connectivity index (χ2v) is 5.46. The molecule has 1 fully saturated rings. The summed E-state index contributed by atoms with van der Waals surface area (Å²) in [5, 5.41) is 9.62. The molecule has 0 aromatic carbocycles. The van der Waals surface area contributed by atoms with Crippen molar-refractivity contribution in [1.82, 2.24) is 4.98 Å². The molecular weight excluding hydrogens is 240 g/mol. The standard InChI is InChI=1S/C15H20N2O2/c1-11(2)12-6-5-7-17-13(12)14(10-16)8-15(9-14,18-3)19-4/h5-7,11H,8-9H2,1-4H3. The molecule has 0 spiro atoms. The molecule has 0 N–H and O–H groups in total. The highest BCUT2D eigenvalue weighted by Gasteiger charge is 2.59. The van der Waals surface area contributed by atoms with Crippen LogP contribution in [0.4, 0.5) is 0 Å². The Kier molecular flexibility index (Phi) is 3.62. The Morgan fingerprint density at radius 2 is 1.95 bits per heavy atom. The second kappa shape index (κ2) is 4.92. The lowest BCUT2D eigenvalue weighted by Crippen LogP contribution is -2.57. The van der Waals surface area contributed by atoms with E-state index >= 15 is 0 Å². The third kappa shape index (κ3) is 2.13. The minimum Gasteiger partial charge on any atom is -0.353 e. The van der Waals surface area contributed by atoms with E-state index in [4.69, 9.17) is 9.47 Å². The highest BCUT2D eigenvalue weighted by Crippen LogP contribution is 2.52. The molecule has 0 atom stereocenters. The van der Waals surface area contributed by atoms with Crippen LogP contribution in [0.1, 0.15) is 43.9 Å². The van der Waals surface area contributed by atoms with Gasteiger partial charge in [-0.05, 0) is 17.5 Å². The number of hydrogen-bond donors (Lipinski definition) is 0. The molecule has 1 aliphatic carbocycles. The van der Waals surface area contributed by atoms with Crippen LogP contribution in [0.3, 0.4) is 0 Å². The van der Waals surface area contributed by atoms with E-state index in [1.807, 2.05) is 12.1 Å². The van der Waals surface area contributed by atoms with Crippen LogP contribution in [0.15, 0.2) is 18.3 Å². The summed E-state index contributed by atoms with van der Waals surface area (Å²) in [5.74, 6) is -0.296. The summed E-state index contributed by atoms with van der Waals surface area (Å²) in [6, 6.07) is 6.39. The molecule has 2 rings (SSSR count). The fraction of sp³-hybridized carbons (Fsp3) is 0.600. The van der Waals surface area contributed by atoms with Crippen LogP contribution < -0.4 is 0 Å². The maximum Gasteiger partial charge on any atom is 0.171 e. The van der Waals surface area contributed by atoms with Crippen LogP contribution in [0.5, 0.6) is 0 Å². The van der Waals surface area contributed by atoms with Crippen molar-refractivity contribution in [1.29, 1.82) is 5.26 Å². The van der Waals surface area contributed by atoms with Crippen LogP contribution in [0, 0.1) is 11.3 Å². The van der Waals surface area contributed by atoms with Gasteiger partial charge in [-0.2, -0.15) is 5.26 Å². The fourth-order valence-corrected chi connectivity index (χ4v) is 2.82. The van der Waals surface area contributed by atoms with Crippen LogP contribution in [-0.4, -0.2) is 25.0 Å². The zero-order chi connectivity index (χ0) is 14.1. The minimum atomic E-state index is -0.637. The van der Waals surface area contributed by atoms with E-state index < -0.39 is 11.2 Å². The first-order valence-corrected chi connectivity index (χ1v) is 6.49. The lowest BCUT2D eigenvalue weighted by molar-refractivity contribution is -0.270. The van der Waals surface area contributed by atoms with Gasteiger partial charge in [0, 0.05) is 33.3 Å². The third-order valence-corrected chi connectivity index (χ3v) is 4.01. The van der Waals surface area contributed by atoms with E-state index in [1.165, 1.54) is 0 Å². The van der Waals surface area contributed by atoms with E-state index in [1.54, 1.807) is 20.4 Å². The van der Waals surface area contributed by atoms with Crippen molar-refractivity contribution >= 4 is 0 Å². The van der Waals surface area contributed by atoms with Crippen molar-refractivity contribution in [2.24, 2.45) is 0 Å². The summed E-state index contributed by atoms with van der Waals surface area (Å²) in [7, 11) is 3.24. The number of nitrogens with zero attached hydrogens (tertiary/aromatic N) is 2. The number of ether oxygens (including phenoxy) is 2. The molecule has 4 heteroatoms. The van der Waals surface area contributed by atoms with Gasteiger partial charge in [-0.3, -0.25) is 4.98 Å². The van der Waals surface area contributed by atoms with Gasteiger partial charge in [0.2, 0.25) is 0 Å². The van der Waals surface area contributed by atoms with Crippen molar-refractivity contribution in [3.05, 3.63) is 29.6 Å². The first-order chi connectivity index (χ1) is 9.02. The molecule has 19 heavy (non-hydrogen) atoms. The van der Waals surface area contributed by atoms with Crippen molar-refractivity contribution < 1.29 is 9.47 Å². The van der Waals surface area contributed by atoms with E-state index in [-0.39, 0.29) is 0 Å². The molecule has 0 amide bonds. The number of rotatable bonds is 4. The molecule has 0 saturated heterocycles. The van der Waals surface area contributed by atoms with Gasteiger partial charge in [-0.1, -0.05) is 19.9 Å². The number of aromatic nitrogens is 1. The monoisotopic (exact) mass is 260 g/mol. The zero-order valence-corrected chi connectivity index (χ0v) is 11.9. The van der Waals surface area contributed by atoms with Gasteiger partial charge < -0.3 is 9.47 Å². The minimum absolute atomic E-state index is 0.342. The maximum absolute atomic E-state index is 9.62. The van der Waals surface area contributed by atoms with E-state index in [0.717, 1.165) is 11.3 Å². The third-order valence-electron chi connectivity index (χ3n) is 4.01. The first-order valence-electron chi connectivity index (χ1n) is 6.49. The summed E-state index contributed by atoms with van der Waals surface area (Å²) >= 11 is 0. The number of hydrogen-bond acceptors (Lipinski definition) is 4. The summed E-state index contributed by atoms with van der Waals surface area (Å²) in [6.45, 7) is 4.23. The molecule has 1 aromatic rings. The maximum atomic E-state index is 9.62. The summed E-state index contributed by atoms with van der Waals surface area (Å²) < 4.78 is 10.8. The number of nitriles is 1. The first kappa shape index (κ1) is 14.0. The van der Waals surface area contributed by atoms with Gasteiger partial charge in [0.25, 0.3) is 0 Å². The molecule has 4 nitrogen and oxygen atoms in total. The molecule has 1 aromatic heterocycles. The lowest BCUT2D eigenvalue weighted by Gasteiger charge is -2.50. The van der Waals surface area contributed by atoms with Crippen LogP contribution >= 0.6 is 0 Å². The van der Waals surface area contributed by atoms with Crippen molar-refractivity contribution in [3.63, 3.8) is 0 Å². The molecule has 0 bridgehead atoms. The van der Waals surface area contributed by atoms with Gasteiger partial charge in [0.1, 0.15) is 5.41 Å². The van der Waals surface area contributed by atoms with Gasteiger partial charge in [0.05, 0.1) is 11.8 Å². The molecule has 0 unspecified atom stereocenters. The molecular formula is C15H20N2O2. The molecule has 1 saturated carbocycles. The smallest absolute Gasteiger partial charge is 0.171 e. The Morgan fingerprint density at radius 1 is 1.32 bits per heavy atom. The molecule has 1 heterocycles. The Balaban J connectivity index is 2.39. The molecule has 102 valence electrons. The van der Waals surface area contributed by atoms with Gasteiger partial charge in [-0.15, -0.1) is 0 Å². The zero-order valence-electron chi connectivity index (χ0n) is 11.9. The number of pyridine rings is 1. The van der Waals surface area contributed by atoms with Crippen LogP contribution in [-0.2, 0) is 14.9 Å². The Hall–Kier alpha value is -1.44. The normalized spacial score (nSPS) is 19.8. The second-order valence-electron chi connectivity index (χ2n) is 5.46. The SMILES string of the molecule is COC1(OC)CC(C#N)(c2ncccc2C(C)C)C1. The van der Waals surface area contributed by atoms with Gasteiger partial charge in [-0.25, -0.2) is 0 Å². The van der Waals surface area contributed by atoms with Crippen molar-refractivity contribution in [2.45, 2.75) is 43.8 Å². The topological polar surface area (TPSA) is 55.1 Å². The number of methoxy groups -OCH3 is 2. The van der Waals surface area contributed by atoms with Gasteiger partial charge in [0.15, 0.2) is 5.79 Å².